The Morgan fingerprint density at radius 3 is 1.78 bits per heavy atom. The highest BCUT2D eigenvalue weighted by Crippen LogP contribution is 2.38. The van der Waals surface area contributed by atoms with Crippen molar-refractivity contribution in [3.63, 3.8) is 0 Å². The standard InChI is InChI=1S/C50H59N4O/c1-32-33(2)53(31-52(32)38-24-35(48(6,7)8)23-36(25-38)49(9,10)11)39-26-37(50(12,13)14)27-41(29-39)55-40-19-20-43-42-17-15-16-18-44(42)54(45(43)30-40)46-28-34(21-22-51-46)47(3,4)5/h15-31H,1-14H3/q+1. The number of ether oxygens (including phenoxy) is 1. The molecule has 5 heteroatoms. The number of hydrogen-bond donors (Lipinski definition) is 0. The van der Waals surface area contributed by atoms with E-state index in [2.05, 4.69) is 208 Å². The first-order chi connectivity index (χ1) is 25.6. The fraction of sp³-hybridized carbons (Fsp3) is 0.360. The van der Waals surface area contributed by atoms with Gasteiger partial charge in [-0.25, -0.2) is 4.98 Å². The molecular weight excluding hydrogens is 673 g/mol. The summed E-state index contributed by atoms with van der Waals surface area (Å²) in [5.74, 6) is 2.49. The van der Waals surface area contributed by atoms with Crippen LogP contribution in [-0.2, 0) is 21.7 Å². The normalized spacial score (nSPS) is 12.9. The lowest BCUT2D eigenvalue weighted by molar-refractivity contribution is -0.601. The van der Waals surface area contributed by atoms with Crippen LogP contribution in [0.5, 0.6) is 11.5 Å². The monoisotopic (exact) mass is 731 g/mol. The number of rotatable bonds is 5. The minimum Gasteiger partial charge on any atom is -0.457 e. The van der Waals surface area contributed by atoms with Gasteiger partial charge in [-0.05, 0) is 98.5 Å². The Kier molecular flexibility index (Phi) is 9.19. The molecule has 0 bridgehead atoms. The summed E-state index contributed by atoms with van der Waals surface area (Å²) in [5.41, 5.74) is 11.9. The third kappa shape index (κ3) is 7.34. The van der Waals surface area contributed by atoms with E-state index in [0.29, 0.717) is 0 Å². The molecule has 0 saturated heterocycles. The molecule has 0 radical (unpaired) electrons. The third-order valence-corrected chi connectivity index (χ3v) is 11.2. The summed E-state index contributed by atoms with van der Waals surface area (Å²) in [4.78, 5) is 4.88. The number of hydrogen-bond acceptors (Lipinski definition) is 2. The van der Waals surface area contributed by atoms with Gasteiger partial charge in [0.1, 0.15) is 40.1 Å². The number of benzene rings is 4. The van der Waals surface area contributed by atoms with Gasteiger partial charge in [0.25, 0.3) is 6.33 Å². The maximum Gasteiger partial charge on any atom is 0.254 e. The summed E-state index contributed by atoms with van der Waals surface area (Å²) in [7, 11) is 0. The molecule has 0 spiro atoms. The van der Waals surface area contributed by atoms with Gasteiger partial charge in [-0.1, -0.05) is 107 Å². The van der Waals surface area contributed by atoms with Gasteiger partial charge in [0, 0.05) is 42.9 Å². The first kappa shape index (κ1) is 38.1. The van der Waals surface area contributed by atoms with Crippen LogP contribution >= 0.6 is 0 Å². The maximum absolute atomic E-state index is 6.86. The molecule has 3 aromatic heterocycles. The molecule has 0 aliphatic rings. The highest BCUT2D eigenvalue weighted by Gasteiger charge is 2.27. The fourth-order valence-corrected chi connectivity index (χ4v) is 7.39. The highest BCUT2D eigenvalue weighted by atomic mass is 16.5. The van der Waals surface area contributed by atoms with Gasteiger partial charge in [-0.2, -0.15) is 9.13 Å². The van der Waals surface area contributed by atoms with Crippen molar-refractivity contribution in [2.75, 3.05) is 0 Å². The van der Waals surface area contributed by atoms with Crippen LogP contribution in [0.1, 0.15) is 117 Å². The molecule has 284 valence electrons. The summed E-state index contributed by atoms with van der Waals surface area (Å²) < 4.78 is 13.8. The van der Waals surface area contributed by atoms with Crippen LogP contribution in [0, 0.1) is 13.8 Å². The minimum absolute atomic E-state index is 0.00220. The number of imidazole rings is 1. The quantitative estimate of drug-likeness (QED) is 0.165. The number of para-hydroxylation sites is 1. The molecule has 0 aliphatic heterocycles. The number of aromatic nitrogens is 4. The highest BCUT2D eigenvalue weighted by molar-refractivity contribution is 6.09. The molecule has 0 atom stereocenters. The molecule has 55 heavy (non-hydrogen) atoms. The topological polar surface area (TPSA) is 35.9 Å². The second-order valence-corrected chi connectivity index (χ2v) is 19.5. The predicted octanol–water partition coefficient (Wildman–Crippen LogP) is 12.8. The second-order valence-electron chi connectivity index (χ2n) is 19.5. The average molecular weight is 732 g/mol. The van der Waals surface area contributed by atoms with Crippen LogP contribution in [0.2, 0.25) is 0 Å². The van der Waals surface area contributed by atoms with Gasteiger partial charge in [0.15, 0.2) is 0 Å². The summed E-state index contributed by atoms with van der Waals surface area (Å²) in [6.45, 7) is 31.7. The van der Waals surface area contributed by atoms with Gasteiger partial charge in [-0.3, -0.25) is 4.57 Å². The van der Waals surface area contributed by atoms with Crippen LogP contribution in [0.15, 0.2) is 104 Å². The Bertz CT molecular complexity index is 2540. The predicted molar refractivity (Wildman–Crippen MR) is 230 cm³/mol. The van der Waals surface area contributed by atoms with Crippen molar-refractivity contribution in [1.82, 2.24) is 14.1 Å². The van der Waals surface area contributed by atoms with Crippen LogP contribution in [0.3, 0.4) is 0 Å². The van der Waals surface area contributed by atoms with Crippen LogP contribution in [0.4, 0.5) is 0 Å². The molecule has 0 fully saturated rings. The molecule has 0 aliphatic carbocycles. The van der Waals surface area contributed by atoms with E-state index < -0.39 is 0 Å². The van der Waals surface area contributed by atoms with Crippen molar-refractivity contribution < 1.29 is 9.30 Å². The molecule has 7 rings (SSSR count). The molecular formula is C50H59N4O+. The Labute approximate surface area is 328 Å². The van der Waals surface area contributed by atoms with Crippen molar-refractivity contribution in [2.45, 2.75) is 119 Å². The molecule has 3 heterocycles. The van der Waals surface area contributed by atoms with Crippen molar-refractivity contribution in [1.29, 1.82) is 0 Å². The zero-order chi connectivity index (χ0) is 39.8. The Morgan fingerprint density at radius 1 is 0.545 bits per heavy atom. The molecule has 7 aromatic rings. The van der Waals surface area contributed by atoms with E-state index in [1.165, 1.54) is 50.1 Å². The third-order valence-electron chi connectivity index (χ3n) is 11.2. The van der Waals surface area contributed by atoms with Crippen LogP contribution in [0.25, 0.3) is 39.0 Å². The first-order valence-corrected chi connectivity index (χ1v) is 19.7. The van der Waals surface area contributed by atoms with Crippen LogP contribution < -0.4 is 9.30 Å². The van der Waals surface area contributed by atoms with E-state index in [0.717, 1.165) is 34.0 Å². The van der Waals surface area contributed by atoms with Gasteiger partial charge < -0.3 is 4.74 Å². The van der Waals surface area contributed by atoms with Crippen molar-refractivity contribution in [3.05, 3.63) is 137 Å². The molecule has 0 unspecified atom stereocenters. The average Bonchev–Trinajstić information content (AvgIpc) is 3.59. The van der Waals surface area contributed by atoms with E-state index in [4.69, 9.17) is 9.72 Å². The number of pyridine rings is 1. The van der Waals surface area contributed by atoms with Gasteiger partial charge >= 0.3 is 0 Å². The van der Waals surface area contributed by atoms with E-state index in [9.17, 15) is 0 Å². The first-order valence-electron chi connectivity index (χ1n) is 19.7. The van der Waals surface area contributed by atoms with E-state index in [1.54, 1.807) is 0 Å². The zero-order valence-electron chi connectivity index (χ0n) is 35.5. The summed E-state index contributed by atoms with van der Waals surface area (Å²) in [5, 5.41) is 2.36. The Balaban J connectivity index is 1.35. The lowest BCUT2D eigenvalue weighted by Crippen LogP contribution is -2.33. The Morgan fingerprint density at radius 2 is 1.15 bits per heavy atom. The molecule has 0 N–H and O–H groups in total. The van der Waals surface area contributed by atoms with Gasteiger partial charge in [-0.15, -0.1) is 0 Å². The smallest absolute Gasteiger partial charge is 0.254 e. The molecule has 0 saturated carbocycles. The van der Waals surface area contributed by atoms with E-state index in [1.807, 2.05) is 6.20 Å². The molecule has 0 amide bonds. The lowest BCUT2D eigenvalue weighted by Gasteiger charge is -2.25. The fourth-order valence-electron chi connectivity index (χ4n) is 7.39. The second kappa shape index (κ2) is 13.3. The largest absolute Gasteiger partial charge is 0.457 e. The van der Waals surface area contributed by atoms with E-state index >= 15 is 0 Å². The summed E-state index contributed by atoms with van der Waals surface area (Å²) in [6.07, 6.45) is 4.17. The molecule has 5 nitrogen and oxygen atoms in total. The van der Waals surface area contributed by atoms with Gasteiger partial charge in [0.2, 0.25) is 0 Å². The van der Waals surface area contributed by atoms with Crippen LogP contribution in [-0.4, -0.2) is 14.1 Å². The lowest BCUT2D eigenvalue weighted by atomic mass is 9.80. The maximum atomic E-state index is 6.86. The van der Waals surface area contributed by atoms with Gasteiger partial charge in [0.05, 0.1) is 11.0 Å². The Hall–Kier alpha value is -5.16. The van der Waals surface area contributed by atoms with Crippen molar-refractivity contribution >= 4 is 21.8 Å². The number of fused-ring (bicyclic) bond motifs is 3. The molecule has 4 aromatic carbocycles. The van der Waals surface area contributed by atoms with Crippen molar-refractivity contribution in [2.24, 2.45) is 0 Å². The SMILES string of the molecule is Cc1c(C)[n+](-c2cc(C(C)(C)C)cc(C(C)(C)C)c2)cn1-c1cc(Oc2ccc3c4ccccc4n(-c4cc(C(C)(C)C)ccn4)c3c2)cc(C(C)(C)C)c1. The summed E-state index contributed by atoms with van der Waals surface area (Å²) >= 11 is 0. The minimum atomic E-state index is -0.0943. The zero-order valence-corrected chi connectivity index (χ0v) is 35.5. The van der Waals surface area contributed by atoms with E-state index in [-0.39, 0.29) is 21.7 Å². The summed E-state index contributed by atoms with van der Waals surface area (Å²) in [6, 6.07) is 33.1. The van der Waals surface area contributed by atoms with Crippen molar-refractivity contribution in [3.8, 4) is 28.7 Å². The number of nitrogens with zero attached hydrogens (tertiary/aromatic N) is 4.